The van der Waals surface area contributed by atoms with Crippen molar-refractivity contribution in [2.75, 3.05) is 6.61 Å². The number of nitrogens with one attached hydrogen (secondary N) is 2. The lowest BCUT2D eigenvalue weighted by molar-refractivity contribution is 0.167. The summed E-state index contributed by atoms with van der Waals surface area (Å²) in [4.78, 5) is 4.03. The van der Waals surface area contributed by atoms with Crippen LogP contribution in [0.25, 0.3) is 0 Å². The first kappa shape index (κ1) is 17.1. The fourth-order valence-corrected chi connectivity index (χ4v) is 2.94. The topological polar surface area (TPSA) is 112 Å². The van der Waals surface area contributed by atoms with Gasteiger partial charge in [-0.1, -0.05) is 6.07 Å². The Bertz CT molecular complexity index is 806. The molecule has 1 aliphatic heterocycles. The molecule has 1 aromatic carbocycles. The van der Waals surface area contributed by atoms with Crippen molar-refractivity contribution in [3.05, 3.63) is 53.9 Å². The molecule has 2 atom stereocenters. The zero-order valence-electron chi connectivity index (χ0n) is 13.4. The van der Waals surface area contributed by atoms with E-state index in [1.54, 1.807) is 35.4 Å². The summed E-state index contributed by atoms with van der Waals surface area (Å²) in [6.45, 7) is 2.20. The zero-order chi connectivity index (χ0) is 18.0. The molecule has 3 rings (SSSR count). The largest absolute Gasteiger partial charge is 0.504 e. The maximum Gasteiger partial charge on any atom is 0.196 e. The van der Waals surface area contributed by atoms with Gasteiger partial charge in [0.2, 0.25) is 0 Å². The number of nitrogens with zero attached hydrogens (tertiary/aromatic N) is 2. The quantitative estimate of drug-likeness (QED) is 0.504. The van der Waals surface area contributed by atoms with Gasteiger partial charge in [-0.3, -0.25) is 0 Å². The molecule has 0 saturated heterocycles. The van der Waals surface area contributed by atoms with Crippen LogP contribution in [-0.2, 0) is 0 Å². The van der Waals surface area contributed by atoms with E-state index >= 15 is 0 Å². The molecule has 8 nitrogen and oxygen atoms in total. The molecule has 0 bridgehead atoms. The van der Waals surface area contributed by atoms with Gasteiger partial charge in [0.05, 0.1) is 24.5 Å². The highest BCUT2D eigenvalue weighted by molar-refractivity contribution is 7.80. The minimum absolute atomic E-state index is 0.00908. The number of hydrogen-bond acceptors (Lipinski definition) is 6. The van der Waals surface area contributed by atoms with Crippen LogP contribution in [0, 0.1) is 0 Å². The molecular formula is C16H18N4O4S. The third-order valence-electron chi connectivity index (χ3n) is 3.78. The van der Waals surface area contributed by atoms with Crippen LogP contribution in [0.3, 0.4) is 0 Å². The maximum absolute atomic E-state index is 10.4. The molecule has 0 spiro atoms. The summed E-state index contributed by atoms with van der Waals surface area (Å²) < 4.78 is 7.15. The third-order valence-corrected chi connectivity index (χ3v) is 4.00. The number of ether oxygens (including phenoxy) is 1. The van der Waals surface area contributed by atoms with Crippen LogP contribution < -0.4 is 15.4 Å². The van der Waals surface area contributed by atoms with Gasteiger partial charge >= 0.3 is 0 Å². The predicted molar refractivity (Wildman–Crippen MR) is 94.2 cm³/mol. The van der Waals surface area contributed by atoms with Gasteiger partial charge in [-0.2, -0.15) is 0 Å². The molecule has 132 valence electrons. The zero-order valence-corrected chi connectivity index (χ0v) is 14.2. The number of aliphatic hydroxyl groups excluding tert-OH is 2. The van der Waals surface area contributed by atoms with Crippen molar-refractivity contribution in [3.63, 3.8) is 0 Å². The summed E-state index contributed by atoms with van der Waals surface area (Å²) in [5, 5.41) is 36.1. The summed E-state index contributed by atoms with van der Waals surface area (Å²) in [7, 11) is 0. The van der Waals surface area contributed by atoms with Crippen molar-refractivity contribution in [1.82, 2.24) is 20.2 Å². The van der Waals surface area contributed by atoms with E-state index in [0.29, 0.717) is 17.9 Å². The highest BCUT2D eigenvalue weighted by atomic mass is 32.1. The number of aromatic hydroxyl groups is 1. The van der Waals surface area contributed by atoms with E-state index in [-0.39, 0.29) is 22.3 Å². The Labute approximate surface area is 149 Å². The van der Waals surface area contributed by atoms with E-state index in [4.69, 9.17) is 17.0 Å². The van der Waals surface area contributed by atoms with Gasteiger partial charge in [-0.05, 0) is 36.8 Å². The summed E-state index contributed by atoms with van der Waals surface area (Å²) in [5.74, 6) is 0.0859. The highest BCUT2D eigenvalue weighted by Gasteiger charge is 2.32. The molecule has 9 heteroatoms. The number of thiocarbonyl (C=S) groups is 1. The minimum Gasteiger partial charge on any atom is -0.504 e. The molecule has 5 N–H and O–H groups in total. The highest BCUT2D eigenvalue weighted by Crippen LogP contribution is 2.35. The van der Waals surface area contributed by atoms with Crippen molar-refractivity contribution in [2.24, 2.45) is 0 Å². The van der Waals surface area contributed by atoms with E-state index in [1.807, 2.05) is 6.92 Å². The number of imidazole rings is 1. The number of hydrogen-bond donors (Lipinski definition) is 5. The molecule has 2 aromatic rings. The van der Waals surface area contributed by atoms with Gasteiger partial charge in [-0.15, -0.1) is 0 Å². The van der Waals surface area contributed by atoms with Gasteiger partial charge in [0.25, 0.3) is 0 Å². The number of benzene rings is 1. The standard InChI is InChI=1S/C16H18N4O4S/c1-2-24-11-7-9(3-4-10(11)21)13(20-6-5-17-8-20)12-14(22)18-16(25)19-15(12)23/h3-8,13-14,21-23H,2H2,1H3,(H2,18,19,25)/t13-,14+/m0/s1. The van der Waals surface area contributed by atoms with Crippen LogP contribution >= 0.6 is 12.2 Å². The molecule has 2 heterocycles. The minimum atomic E-state index is -1.19. The number of aromatic nitrogens is 2. The third kappa shape index (κ3) is 3.37. The van der Waals surface area contributed by atoms with Crippen LogP contribution in [0.4, 0.5) is 0 Å². The van der Waals surface area contributed by atoms with Crippen molar-refractivity contribution in [3.8, 4) is 11.5 Å². The summed E-state index contributed by atoms with van der Waals surface area (Å²) >= 11 is 4.94. The van der Waals surface area contributed by atoms with Crippen LogP contribution in [0.5, 0.6) is 11.5 Å². The molecule has 0 radical (unpaired) electrons. The predicted octanol–water partition coefficient (Wildman–Crippen LogP) is 1.14. The average Bonchev–Trinajstić information content (AvgIpc) is 3.07. The van der Waals surface area contributed by atoms with E-state index < -0.39 is 12.3 Å². The molecule has 0 aliphatic carbocycles. The van der Waals surface area contributed by atoms with Crippen molar-refractivity contribution >= 4 is 17.3 Å². The molecule has 0 amide bonds. The Morgan fingerprint density at radius 1 is 1.40 bits per heavy atom. The van der Waals surface area contributed by atoms with Gasteiger partial charge < -0.3 is 35.3 Å². The lowest BCUT2D eigenvalue weighted by Gasteiger charge is -2.31. The van der Waals surface area contributed by atoms with E-state index in [2.05, 4.69) is 15.6 Å². The smallest absolute Gasteiger partial charge is 0.196 e. The van der Waals surface area contributed by atoms with Gasteiger partial charge in [-0.25, -0.2) is 4.98 Å². The molecule has 25 heavy (non-hydrogen) atoms. The van der Waals surface area contributed by atoms with E-state index in [0.717, 1.165) is 0 Å². The monoisotopic (exact) mass is 362 g/mol. The SMILES string of the molecule is CCOc1cc([C@@H](C2=C(O)NC(=S)N[C@@H]2O)n2ccnc2)ccc1O. The molecule has 0 saturated carbocycles. The average molecular weight is 362 g/mol. The molecular weight excluding hydrogens is 344 g/mol. The Morgan fingerprint density at radius 2 is 2.20 bits per heavy atom. The first-order valence-electron chi connectivity index (χ1n) is 7.63. The second kappa shape index (κ2) is 6.99. The molecule has 0 unspecified atom stereocenters. The first-order valence-corrected chi connectivity index (χ1v) is 8.03. The van der Waals surface area contributed by atoms with Gasteiger partial charge in [0.15, 0.2) is 28.7 Å². The van der Waals surface area contributed by atoms with Gasteiger partial charge in [0, 0.05) is 12.4 Å². The van der Waals surface area contributed by atoms with Gasteiger partial charge in [0.1, 0.15) is 0 Å². The summed E-state index contributed by atoms with van der Waals surface area (Å²) in [6.07, 6.45) is 3.68. The van der Waals surface area contributed by atoms with E-state index in [1.165, 1.54) is 6.07 Å². The lowest BCUT2D eigenvalue weighted by atomic mass is 9.96. The fourth-order valence-electron chi connectivity index (χ4n) is 2.73. The number of phenolic OH excluding ortho intramolecular Hbond substituents is 1. The molecule has 0 fully saturated rings. The molecule has 1 aromatic heterocycles. The van der Waals surface area contributed by atoms with Crippen molar-refractivity contribution < 1.29 is 20.1 Å². The Kier molecular flexibility index (Phi) is 4.77. The molecule has 1 aliphatic rings. The number of rotatable bonds is 5. The summed E-state index contributed by atoms with van der Waals surface area (Å²) in [6, 6.07) is 4.24. The van der Waals surface area contributed by atoms with E-state index in [9.17, 15) is 15.3 Å². The van der Waals surface area contributed by atoms with Crippen LogP contribution in [0.15, 0.2) is 48.4 Å². The Morgan fingerprint density at radius 3 is 2.84 bits per heavy atom. The van der Waals surface area contributed by atoms with Crippen molar-refractivity contribution in [2.45, 2.75) is 19.2 Å². The van der Waals surface area contributed by atoms with Crippen LogP contribution in [-0.4, -0.2) is 42.8 Å². The second-order valence-electron chi connectivity index (χ2n) is 5.38. The first-order chi connectivity index (χ1) is 12.0. The summed E-state index contributed by atoms with van der Waals surface area (Å²) in [5.41, 5.74) is 0.941. The van der Waals surface area contributed by atoms with Crippen LogP contribution in [0.1, 0.15) is 18.5 Å². The second-order valence-corrected chi connectivity index (χ2v) is 5.79. The Balaban J connectivity index is 2.13. The maximum atomic E-state index is 10.4. The number of aliphatic hydroxyl groups is 2. The fraction of sp³-hybridized carbons (Fsp3) is 0.250. The number of phenols is 1. The lowest BCUT2D eigenvalue weighted by Crippen LogP contribution is -2.50. The normalized spacial score (nSPS) is 18.5. The van der Waals surface area contributed by atoms with Crippen LogP contribution in [0.2, 0.25) is 0 Å². The van der Waals surface area contributed by atoms with Crippen molar-refractivity contribution in [1.29, 1.82) is 0 Å². The Hall–Kier alpha value is -2.78.